The highest BCUT2D eigenvalue weighted by molar-refractivity contribution is 14.0. The zero-order valence-corrected chi connectivity index (χ0v) is 14.9. The van der Waals surface area contributed by atoms with Gasteiger partial charge in [-0.3, -0.25) is 4.99 Å². The van der Waals surface area contributed by atoms with Crippen LogP contribution >= 0.6 is 35.3 Å². The summed E-state index contributed by atoms with van der Waals surface area (Å²) in [6, 6.07) is 4.24. The summed E-state index contributed by atoms with van der Waals surface area (Å²) in [5.74, 6) is 1.03. The third kappa shape index (κ3) is 3.46. The maximum atomic E-state index is 5.58. The molecule has 1 spiro atoms. The van der Waals surface area contributed by atoms with Gasteiger partial charge >= 0.3 is 0 Å². The van der Waals surface area contributed by atoms with Crippen LogP contribution < -0.4 is 5.32 Å². The predicted octanol–water partition coefficient (Wildman–Crippen LogP) is 2.55. The molecule has 1 unspecified atom stereocenters. The van der Waals surface area contributed by atoms with E-state index < -0.39 is 0 Å². The van der Waals surface area contributed by atoms with E-state index in [0.29, 0.717) is 5.41 Å². The average Bonchev–Trinajstić information content (AvgIpc) is 3.15. The first-order valence-corrected chi connectivity index (χ1v) is 7.75. The van der Waals surface area contributed by atoms with Gasteiger partial charge in [-0.15, -0.1) is 35.3 Å². The fraction of sp³-hybridized carbons (Fsp3) is 0.643. The summed E-state index contributed by atoms with van der Waals surface area (Å²) in [4.78, 5) is 8.14. The molecule has 3 heterocycles. The Morgan fingerprint density at radius 3 is 3.10 bits per heavy atom. The molecule has 1 aromatic heterocycles. The van der Waals surface area contributed by atoms with Crippen LogP contribution in [-0.4, -0.2) is 44.2 Å². The van der Waals surface area contributed by atoms with Gasteiger partial charge in [-0.2, -0.15) is 0 Å². The highest BCUT2D eigenvalue weighted by Crippen LogP contribution is 2.38. The lowest BCUT2D eigenvalue weighted by molar-refractivity contribution is 0.156. The maximum absolute atomic E-state index is 5.58. The Labute approximate surface area is 141 Å². The smallest absolute Gasteiger partial charge is 0.193 e. The fourth-order valence-electron chi connectivity index (χ4n) is 3.00. The molecule has 0 aromatic carbocycles. The summed E-state index contributed by atoms with van der Waals surface area (Å²) in [5.41, 5.74) is 0.389. The van der Waals surface area contributed by atoms with E-state index in [1.807, 2.05) is 7.05 Å². The highest BCUT2D eigenvalue weighted by Gasteiger charge is 2.42. The minimum Gasteiger partial charge on any atom is -0.381 e. The van der Waals surface area contributed by atoms with Crippen molar-refractivity contribution in [2.24, 2.45) is 10.4 Å². The number of ether oxygens (including phenoxy) is 1. The quantitative estimate of drug-likeness (QED) is 0.465. The first-order valence-electron chi connectivity index (χ1n) is 6.87. The van der Waals surface area contributed by atoms with Gasteiger partial charge in [0.25, 0.3) is 0 Å². The molecule has 1 N–H and O–H groups in total. The molecule has 2 fully saturated rings. The van der Waals surface area contributed by atoms with Gasteiger partial charge in [0.05, 0.1) is 13.2 Å². The molecule has 0 bridgehead atoms. The molecule has 112 valence electrons. The number of thiophene rings is 1. The van der Waals surface area contributed by atoms with Crippen molar-refractivity contribution in [3.8, 4) is 0 Å². The molecule has 2 aliphatic rings. The molecule has 3 rings (SSSR count). The van der Waals surface area contributed by atoms with E-state index >= 15 is 0 Å². The SMILES string of the molecule is CN=C(NCc1cccs1)N1CCC2(CCOC2)C1.I. The standard InChI is InChI=1S/C14H21N3OS.HI/c1-15-13(16-9-12-3-2-8-19-12)17-6-4-14(10-17)5-7-18-11-14;/h2-3,8H,4-7,9-11H2,1H3,(H,15,16);1H. The van der Waals surface area contributed by atoms with E-state index in [1.54, 1.807) is 11.3 Å². The largest absolute Gasteiger partial charge is 0.381 e. The van der Waals surface area contributed by atoms with E-state index in [9.17, 15) is 0 Å². The monoisotopic (exact) mass is 407 g/mol. The number of rotatable bonds is 2. The lowest BCUT2D eigenvalue weighted by Crippen LogP contribution is -2.41. The van der Waals surface area contributed by atoms with Gasteiger partial charge in [0, 0.05) is 37.0 Å². The Kier molecular flexibility index (Phi) is 5.68. The Hall–Kier alpha value is -0.340. The lowest BCUT2D eigenvalue weighted by Gasteiger charge is -2.24. The first kappa shape index (κ1) is 16.0. The summed E-state index contributed by atoms with van der Waals surface area (Å²) in [6.45, 7) is 4.88. The summed E-state index contributed by atoms with van der Waals surface area (Å²) in [6.07, 6.45) is 2.43. The molecule has 2 saturated heterocycles. The molecule has 20 heavy (non-hydrogen) atoms. The van der Waals surface area contributed by atoms with Crippen molar-refractivity contribution in [3.05, 3.63) is 22.4 Å². The molecule has 2 aliphatic heterocycles. The Bertz CT molecular complexity index is 443. The van der Waals surface area contributed by atoms with Crippen molar-refractivity contribution in [3.63, 3.8) is 0 Å². The second-order valence-corrected chi connectivity index (χ2v) is 6.49. The van der Waals surface area contributed by atoms with Gasteiger partial charge < -0.3 is 15.0 Å². The Morgan fingerprint density at radius 2 is 2.45 bits per heavy atom. The summed E-state index contributed by atoms with van der Waals surface area (Å²) in [5, 5.41) is 5.58. The van der Waals surface area contributed by atoms with E-state index in [2.05, 4.69) is 32.7 Å². The zero-order valence-electron chi connectivity index (χ0n) is 11.8. The van der Waals surface area contributed by atoms with Gasteiger partial charge in [0.15, 0.2) is 5.96 Å². The number of hydrogen-bond donors (Lipinski definition) is 1. The Morgan fingerprint density at radius 1 is 1.55 bits per heavy atom. The number of aliphatic imine (C=N–C) groups is 1. The second kappa shape index (κ2) is 7.09. The van der Waals surface area contributed by atoms with Crippen LogP contribution in [0.1, 0.15) is 17.7 Å². The number of halogens is 1. The summed E-state index contributed by atoms with van der Waals surface area (Å²) >= 11 is 1.78. The molecule has 0 radical (unpaired) electrons. The van der Waals surface area contributed by atoms with Crippen LogP contribution in [0.25, 0.3) is 0 Å². The van der Waals surface area contributed by atoms with Gasteiger partial charge in [-0.05, 0) is 24.3 Å². The molecule has 0 saturated carbocycles. The summed E-state index contributed by atoms with van der Waals surface area (Å²) in [7, 11) is 1.87. The third-order valence-corrected chi connectivity index (χ3v) is 5.01. The minimum atomic E-state index is 0. The van der Waals surface area contributed by atoms with Gasteiger partial charge in [0.2, 0.25) is 0 Å². The second-order valence-electron chi connectivity index (χ2n) is 5.45. The minimum absolute atomic E-state index is 0. The van der Waals surface area contributed by atoms with Crippen LogP contribution in [0.4, 0.5) is 0 Å². The van der Waals surface area contributed by atoms with Crippen molar-refractivity contribution >= 4 is 41.3 Å². The normalized spacial score (nSPS) is 26.1. The topological polar surface area (TPSA) is 36.9 Å². The van der Waals surface area contributed by atoms with E-state index in [-0.39, 0.29) is 24.0 Å². The van der Waals surface area contributed by atoms with Crippen molar-refractivity contribution in [2.45, 2.75) is 19.4 Å². The van der Waals surface area contributed by atoms with Crippen LogP contribution in [0, 0.1) is 5.41 Å². The summed E-state index contributed by atoms with van der Waals surface area (Å²) < 4.78 is 5.58. The average molecular weight is 407 g/mol. The maximum Gasteiger partial charge on any atom is 0.193 e. The van der Waals surface area contributed by atoms with Crippen LogP contribution in [0.2, 0.25) is 0 Å². The highest BCUT2D eigenvalue weighted by atomic mass is 127. The number of nitrogens with one attached hydrogen (secondary N) is 1. The van der Waals surface area contributed by atoms with Crippen molar-refractivity contribution in [1.82, 2.24) is 10.2 Å². The van der Waals surface area contributed by atoms with Crippen LogP contribution in [0.15, 0.2) is 22.5 Å². The van der Waals surface area contributed by atoms with Gasteiger partial charge in [-0.25, -0.2) is 0 Å². The van der Waals surface area contributed by atoms with Crippen LogP contribution in [0.5, 0.6) is 0 Å². The fourth-order valence-corrected chi connectivity index (χ4v) is 3.64. The molecule has 0 aliphatic carbocycles. The molecule has 1 atom stereocenters. The van der Waals surface area contributed by atoms with Gasteiger partial charge in [0.1, 0.15) is 0 Å². The van der Waals surface area contributed by atoms with Crippen molar-refractivity contribution in [1.29, 1.82) is 0 Å². The number of nitrogens with zero attached hydrogens (tertiary/aromatic N) is 2. The Balaban J connectivity index is 0.00000147. The molecule has 1 aromatic rings. The number of guanidine groups is 1. The third-order valence-electron chi connectivity index (χ3n) is 4.14. The predicted molar refractivity (Wildman–Crippen MR) is 94.0 cm³/mol. The lowest BCUT2D eigenvalue weighted by atomic mass is 9.87. The van der Waals surface area contributed by atoms with Crippen molar-refractivity contribution < 1.29 is 4.74 Å². The molecular formula is C14H22IN3OS. The first-order chi connectivity index (χ1) is 9.31. The number of likely N-dealkylation sites (tertiary alicyclic amines) is 1. The molecule has 0 amide bonds. The molecular weight excluding hydrogens is 385 g/mol. The van der Waals surface area contributed by atoms with E-state index in [4.69, 9.17) is 4.74 Å². The van der Waals surface area contributed by atoms with Crippen LogP contribution in [0.3, 0.4) is 0 Å². The van der Waals surface area contributed by atoms with E-state index in [0.717, 1.165) is 38.8 Å². The molecule has 6 heteroatoms. The van der Waals surface area contributed by atoms with E-state index in [1.165, 1.54) is 17.7 Å². The number of hydrogen-bond acceptors (Lipinski definition) is 3. The molecule has 4 nitrogen and oxygen atoms in total. The zero-order chi connectivity index (χ0) is 13.1. The van der Waals surface area contributed by atoms with Crippen molar-refractivity contribution in [2.75, 3.05) is 33.4 Å². The van der Waals surface area contributed by atoms with Crippen LogP contribution in [-0.2, 0) is 11.3 Å². The van der Waals surface area contributed by atoms with Gasteiger partial charge in [-0.1, -0.05) is 6.07 Å².